The maximum absolute atomic E-state index is 11.6. The number of nitro benzene ring substituents is 1. The number of ether oxygens (including phenoxy) is 1. The van der Waals surface area contributed by atoms with Crippen LogP contribution < -0.4 is 0 Å². The second kappa shape index (κ2) is 4.97. The van der Waals surface area contributed by atoms with Gasteiger partial charge in [-0.05, 0) is 17.5 Å². The maximum atomic E-state index is 11.6. The van der Waals surface area contributed by atoms with Crippen LogP contribution in [-0.2, 0) is 4.74 Å². The Morgan fingerprint density at radius 3 is 2.72 bits per heavy atom. The average molecular weight is 263 g/mol. The lowest BCUT2D eigenvalue weighted by Gasteiger charge is -2.05. The van der Waals surface area contributed by atoms with Gasteiger partial charge in [0.25, 0.3) is 5.69 Å². The van der Waals surface area contributed by atoms with Crippen molar-refractivity contribution in [3.63, 3.8) is 0 Å². The number of nitro groups is 1. The minimum atomic E-state index is -0.506. The topological polar surface area (TPSA) is 69.4 Å². The van der Waals surface area contributed by atoms with Gasteiger partial charge in [0.15, 0.2) is 0 Å². The van der Waals surface area contributed by atoms with Crippen molar-refractivity contribution in [2.75, 3.05) is 7.11 Å². The van der Waals surface area contributed by atoms with Crippen LogP contribution in [0.15, 0.2) is 35.7 Å². The molecule has 92 valence electrons. The highest BCUT2D eigenvalue weighted by molar-refractivity contribution is 7.13. The van der Waals surface area contributed by atoms with E-state index in [4.69, 9.17) is 0 Å². The molecule has 0 atom stereocenters. The van der Waals surface area contributed by atoms with Crippen molar-refractivity contribution in [3.8, 4) is 10.4 Å². The number of benzene rings is 1. The van der Waals surface area contributed by atoms with Gasteiger partial charge in [0.05, 0.1) is 17.6 Å². The zero-order chi connectivity index (χ0) is 13.1. The van der Waals surface area contributed by atoms with Crippen LogP contribution in [-0.4, -0.2) is 18.0 Å². The van der Waals surface area contributed by atoms with E-state index in [9.17, 15) is 14.9 Å². The van der Waals surface area contributed by atoms with Crippen LogP contribution in [0.25, 0.3) is 10.4 Å². The van der Waals surface area contributed by atoms with Gasteiger partial charge in [0.2, 0.25) is 0 Å². The van der Waals surface area contributed by atoms with E-state index < -0.39 is 10.9 Å². The number of hydrogen-bond donors (Lipinski definition) is 0. The SMILES string of the molecule is COC(=O)c1ccc([N+](=O)[O-])cc1-c1cccs1. The summed E-state index contributed by atoms with van der Waals surface area (Å²) in [6.45, 7) is 0. The van der Waals surface area contributed by atoms with Crippen molar-refractivity contribution >= 4 is 23.0 Å². The average Bonchev–Trinajstić information content (AvgIpc) is 2.90. The molecule has 0 aliphatic rings. The molecular weight excluding hydrogens is 254 g/mol. The molecule has 0 aliphatic carbocycles. The monoisotopic (exact) mass is 263 g/mol. The Balaban J connectivity index is 2.61. The van der Waals surface area contributed by atoms with Crippen molar-refractivity contribution in [2.24, 2.45) is 0 Å². The predicted molar refractivity (Wildman–Crippen MR) is 67.7 cm³/mol. The normalized spacial score (nSPS) is 10.1. The Hall–Kier alpha value is -2.21. The molecule has 0 N–H and O–H groups in total. The van der Waals surface area contributed by atoms with E-state index in [2.05, 4.69) is 4.74 Å². The molecule has 5 nitrogen and oxygen atoms in total. The maximum Gasteiger partial charge on any atom is 0.338 e. The molecule has 2 rings (SSSR count). The van der Waals surface area contributed by atoms with Crippen molar-refractivity contribution in [1.82, 2.24) is 0 Å². The molecule has 2 aromatic rings. The lowest BCUT2D eigenvalue weighted by molar-refractivity contribution is -0.384. The molecule has 1 heterocycles. The molecule has 0 bridgehead atoms. The Labute approximate surface area is 107 Å². The summed E-state index contributed by atoms with van der Waals surface area (Å²) in [5.74, 6) is -0.506. The first-order chi connectivity index (χ1) is 8.63. The fourth-order valence-corrected chi connectivity index (χ4v) is 2.33. The number of rotatable bonds is 3. The number of methoxy groups -OCH3 is 1. The third-order valence-corrected chi connectivity index (χ3v) is 3.31. The second-order valence-electron chi connectivity index (χ2n) is 3.46. The molecule has 0 saturated carbocycles. The molecule has 0 saturated heterocycles. The summed E-state index contributed by atoms with van der Waals surface area (Å²) in [7, 11) is 1.28. The summed E-state index contributed by atoms with van der Waals surface area (Å²) < 4.78 is 4.67. The van der Waals surface area contributed by atoms with Gasteiger partial charge in [0.1, 0.15) is 0 Å². The zero-order valence-electron chi connectivity index (χ0n) is 9.45. The predicted octanol–water partition coefficient (Wildman–Crippen LogP) is 3.11. The van der Waals surface area contributed by atoms with Crippen LogP contribution in [0.1, 0.15) is 10.4 Å². The van der Waals surface area contributed by atoms with Crippen molar-refractivity contribution in [2.45, 2.75) is 0 Å². The van der Waals surface area contributed by atoms with Crippen molar-refractivity contribution in [1.29, 1.82) is 0 Å². The highest BCUT2D eigenvalue weighted by atomic mass is 32.1. The largest absolute Gasteiger partial charge is 0.465 e. The first-order valence-corrected chi connectivity index (χ1v) is 5.92. The Morgan fingerprint density at radius 1 is 1.39 bits per heavy atom. The van der Waals surface area contributed by atoms with Crippen LogP contribution in [0, 0.1) is 10.1 Å². The summed E-state index contributed by atoms with van der Waals surface area (Å²) in [6, 6.07) is 7.72. The smallest absolute Gasteiger partial charge is 0.338 e. The number of nitrogens with zero attached hydrogens (tertiary/aromatic N) is 1. The lowest BCUT2D eigenvalue weighted by atomic mass is 10.1. The molecule has 18 heavy (non-hydrogen) atoms. The molecular formula is C12H9NO4S. The number of carbonyl (C=O) groups is 1. The summed E-state index contributed by atoms with van der Waals surface area (Å²) in [4.78, 5) is 22.7. The first kappa shape index (κ1) is 12.3. The van der Waals surface area contributed by atoms with Gasteiger partial charge >= 0.3 is 5.97 Å². The van der Waals surface area contributed by atoms with Gasteiger partial charge in [-0.15, -0.1) is 11.3 Å². The molecule has 0 amide bonds. The summed E-state index contributed by atoms with van der Waals surface area (Å²) >= 11 is 1.41. The third-order valence-electron chi connectivity index (χ3n) is 2.41. The van der Waals surface area contributed by atoms with E-state index in [1.54, 1.807) is 6.07 Å². The molecule has 0 aliphatic heterocycles. The Morgan fingerprint density at radius 2 is 2.17 bits per heavy atom. The highest BCUT2D eigenvalue weighted by Crippen LogP contribution is 2.31. The molecule has 0 spiro atoms. The minimum absolute atomic E-state index is 0.0500. The lowest BCUT2D eigenvalue weighted by Crippen LogP contribution is -2.03. The van der Waals surface area contributed by atoms with Gasteiger partial charge in [-0.2, -0.15) is 0 Å². The van der Waals surface area contributed by atoms with Crippen molar-refractivity contribution < 1.29 is 14.5 Å². The molecule has 6 heteroatoms. The van der Waals surface area contributed by atoms with Crippen LogP contribution in [0.3, 0.4) is 0 Å². The van der Waals surface area contributed by atoms with Crippen LogP contribution >= 0.6 is 11.3 Å². The van der Waals surface area contributed by atoms with Gasteiger partial charge in [-0.1, -0.05) is 6.07 Å². The summed E-state index contributed by atoms with van der Waals surface area (Å²) in [6.07, 6.45) is 0. The van der Waals surface area contributed by atoms with E-state index in [0.717, 1.165) is 4.88 Å². The standard InChI is InChI=1S/C12H9NO4S/c1-17-12(14)9-5-4-8(13(15)16)7-10(9)11-3-2-6-18-11/h2-7H,1H3. The van der Waals surface area contributed by atoms with E-state index in [1.165, 1.54) is 36.6 Å². The third kappa shape index (κ3) is 2.23. The molecule has 0 radical (unpaired) electrons. The van der Waals surface area contributed by atoms with E-state index in [-0.39, 0.29) is 5.69 Å². The molecule has 0 unspecified atom stereocenters. The quantitative estimate of drug-likeness (QED) is 0.484. The number of hydrogen-bond acceptors (Lipinski definition) is 5. The van der Waals surface area contributed by atoms with E-state index >= 15 is 0 Å². The fourth-order valence-electron chi connectivity index (χ4n) is 1.57. The van der Waals surface area contributed by atoms with Crippen LogP contribution in [0.2, 0.25) is 0 Å². The highest BCUT2D eigenvalue weighted by Gasteiger charge is 2.18. The van der Waals surface area contributed by atoms with Gasteiger partial charge in [-0.3, -0.25) is 10.1 Å². The minimum Gasteiger partial charge on any atom is -0.465 e. The first-order valence-electron chi connectivity index (χ1n) is 5.04. The summed E-state index contributed by atoms with van der Waals surface area (Å²) in [5, 5.41) is 12.6. The van der Waals surface area contributed by atoms with Gasteiger partial charge in [0, 0.05) is 22.6 Å². The summed E-state index contributed by atoms with van der Waals surface area (Å²) in [5.41, 5.74) is 0.794. The second-order valence-corrected chi connectivity index (χ2v) is 4.40. The van der Waals surface area contributed by atoms with E-state index in [1.807, 2.05) is 11.4 Å². The Bertz CT molecular complexity index is 592. The van der Waals surface area contributed by atoms with Crippen LogP contribution in [0.4, 0.5) is 5.69 Å². The zero-order valence-corrected chi connectivity index (χ0v) is 10.3. The number of thiophene rings is 1. The van der Waals surface area contributed by atoms with Crippen molar-refractivity contribution in [3.05, 3.63) is 51.4 Å². The van der Waals surface area contributed by atoms with Gasteiger partial charge < -0.3 is 4.74 Å². The number of esters is 1. The van der Waals surface area contributed by atoms with Gasteiger partial charge in [-0.25, -0.2) is 4.79 Å². The number of carbonyl (C=O) groups excluding carboxylic acids is 1. The Kier molecular flexibility index (Phi) is 3.38. The number of non-ortho nitro benzene ring substituents is 1. The fraction of sp³-hybridized carbons (Fsp3) is 0.0833. The molecule has 0 fully saturated rings. The molecule has 1 aromatic heterocycles. The molecule has 1 aromatic carbocycles. The van der Waals surface area contributed by atoms with Crippen LogP contribution in [0.5, 0.6) is 0 Å². The van der Waals surface area contributed by atoms with E-state index in [0.29, 0.717) is 11.1 Å².